The number of esters is 1. The van der Waals surface area contributed by atoms with Crippen molar-refractivity contribution in [3.8, 4) is 0 Å². The van der Waals surface area contributed by atoms with Crippen LogP contribution >= 0.6 is 0 Å². The van der Waals surface area contributed by atoms with Crippen LogP contribution in [0.5, 0.6) is 0 Å². The Morgan fingerprint density at radius 2 is 2.33 bits per heavy atom. The van der Waals surface area contributed by atoms with Crippen LogP contribution in [0.25, 0.3) is 0 Å². The number of ether oxygens (including phenoxy) is 1. The Hall–Kier alpha value is -0.570. The van der Waals surface area contributed by atoms with Gasteiger partial charge in [0.25, 0.3) is 0 Å². The average Bonchev–Trinajstić information content (AvgIpc) is 2.71. The highest BCUT2D eigenvalue weighted by Crippen LogP contribution is 2.19. The van der Waals surface area contributed by atoms with Gasteiger partial charge in [-0.05, 0) is 26.7 Å². The second-order valence-electron chi connectivity index (χ2n) is 3.35. The number of hydrogen-bond donors (Lipinski definition) is 1. The summed E-state index contributed by atoms with van der Waals surface area (Å²) < 4.78 is 4.84. The lowest BCUT2D eigenvalue weighted by Crippen LogP contribution is -2.30. The SMILES string of the molecule is CCOC(=O)CC(C)NC1CC1. The summed E-state index contributed by atoms with van der Waals surface area (Å²) in [5.41, 5.74) is 0. The molecule has 3 heteroatoms. The first-order valence-electron chi connectivity index (χ1n) is 4.64. The van der Waals surface area contributed by atoms with Crippen molar-refractivity contribution >= 4 is 5.97 Å². The summed E-state index contributed by atoms with van der Waals surface area (Å²) in [6.07, 6.45) is 3.00. The van der Waals surface area contributed by atoms with E-state index in [2.05, 4.69) is 5.32 Å². The molecule has 0 saturated heterocycles. The predicted molar refractivity (Wildman–Crippen MR) is 46.9 cm³/mol. The van der Waals surface area contributed by atoms with Crippen molar-refractivity contribution in [2.24, 2.45) is 0 Å². The zero-order chi connectivity index (χ0) is 8.97. The van der Waals surface area contributed by atoms with Crippen molar-refractivity contribution in [1.29, 1.82) is 0 Å². The first kappa shape index (κ1) is 9.52. The van der Waals surface area contributed by atoms with Gasteiger partial charge in [-0.3, -0.25) is 4.79 Å². The molecule has 0 bridgehead atoms. The van der Waals surface area contributed by atoms with E-state index in [0.29, 0.717) is 19.1 Å². The van der Waals surface area contributed by atoms with Crippen molar-refractivity contribution in [2.45, 2.75) is 45.2 Å². The molecule has 0 heterocycles. The van der Waals surface area contributed by atoms with Gasteiger partial charge in [-0.15, -0.1) is 0 Å². The zero-order valence-corrected chi connectivity index (χ0v) is 7.80. The minimum absolute atomic E-state index is 0.0989. The van der Waals surface area contributed by atoms with Crippen LogP contribution in [-0.2, 0) is 9.53 Å². The second kappa shape index (κ2) is 4.45. The Bertz CT molecular complexity index is 155. The second-order valence-corrected chi connectivity index (χ2v) is 3.35. The molecule has 0 radical (unpaired) electrons. The van der Waals surface area contributed by atoms with Gasteiger partial charge in [0.2, 0.25) is 0 Å². The molecule has 1 N–H and O–H groups in total. The van der Waals surface area contributed by atoms with Crippen molar-refractivity contribution in [3.63, 3.8) is 0 Å². The molecule has 12 heavy (non-hydrogen) atoms. The van der Waals surface area contributed by atoms with Crippen molar-refractivity contribution in [1.82, 2.24) is 5.32 Å². The van der Waals surface area contributed by atoms with Crippen LogP contribution in [0.3, 0.4) is 0 Å². The van der Waals surface area contributed by atoms with E-state index in [1.165, 1.54) is 12.8 Å². The van der Waals surface area contributed by atoms with E-state index in [-0.39, 0.29) is 12.0 Å². The van der Waals surface area contributed by atoms with E-state index >= 15 is 0 Å². The molecule has 0 aromatic heterocycles. The third-order valence-corrected chi connectivity index (χ3v) is 1.88. The molecule has 1 atom stereocenters. The Kier molecular flexibility index (Phi) is 3.53. The number of carbonyl (C=O) groups excluding carboxylic acids is 1. The maximum Gasteiger partial charge on any atom is 0.307 e. The summed E-state index contributed by atoms with van der Waals surface area (Å²) in [7, 11) is 0. The first-order chi connectivity index (χ1) is 5.72. The molecule has 0 aromatic carbocycles. The summed E-state index contributed by atoms with van der Waals surface area (Å²) in [5.74, 6) is -0.0989. The summed E-state index contributed by atoms with van der Waals surface area (Å²) in [5, 5.41) is 3.34. The van der Waals surface area contributed by atoms with Gasteiger partial charge in [-0.25, -0.2) is 0 Å². The standard InChI is InChI=1S/C9H17NO2/c1-3-12-9(11)6-7(2)10-8-4-5-8/h7-8,10H,3-6H2,1-2H3. The van der Waals surface area contributed by atoms with Crippen molar-refractivity contribution in [3.05, 3.63) is 0 Å². The fourth-order valence-corrected chi connectivity index (χ4v) is 1.18. The molecule has 0 amide bonds. The summed E-state index contributed by atoms with van der Waals surface area (Å²) in [6.45, 7) is 4.33. The molecule has 1 aliphatic carbocycles. The van der Waals surface area contributed by atoms with Gasteiger partial charge in [0, 0.05) is 12.1 Å². The highest BCUT2D eigenvalue weighted by Gasteiger charge is 2.23. The van der Waals surface area contributed by atoms with E-state index in [4.69, 9.17) is 4.74 Å². The summed E-state index contributed by atoms with van der Waals surface area (Å²) >= 11 is 0. The lowest BCUT2D eigenvalue weighted by atomic mass is 10.2. The Labute approximate surface area is 73.5 Å². The van der Waals surface area contributed by atoms with E-state index in [1.807, 2.05) is 13.8 Å². The number of hydrogen-bond acceptors (Lipinski definition) is 3. The molecule has 1 fully saturated rings. The molecule has 70 valence electrons. The van der Waals surface area contributed by atoms with Crippen LogP contribution < -0.4 is 5.32 Å². The van der Waals surface area contributed by atoms with E-state index in [9.17, 15) is 4.79 Å². The minimum Gasteiger partial charge on any atom is -0.466 e. The van der Waals surface area contributed by atoms with Crippen LogP contribution in [0.15, 0.2) is 0 Å². The molecular formula is C9H17NO2. The van der Waals surface area contributed by atoms with Crippen molar-refractivity contribution in [2.75, 3.05) is 6.61 Å². The van der Waals surface area contributed by atoms with Gasteiger partial charge >= 0.3 is 5.97 Å². The predicted octanol–water partition coefficient (Wildman–Crippen LogP) is 1.08. The highest BCUT2D eigenvalue weighted by atomic mass is 16.5. The third kappa shape index (κ3) is 3.72. The topological polar surface area (TPSA) is 38.3 Å². The van der Waals surface area contributed by atoms with Crippen LogP contribution in [-0.4, -0.2) is 24.7 Å². The molecule has 0 spiro atoms. The fraction of sp³-hybridized carbons (Fsp3) is 0.889. The van der Waals surface area contributed by atoms with E-state index in [0.717, 1.165) is 0 Å². The number of carbonyl (C=O) groups is 1. The summed E-state index contributed by atoms with van der Waals surface area (Å²) in [4.78, 5) is 11.0. The Morgan fingerprint density at radius 3 is 2.83 bits per heavy atom. The maximum absolute atomic E-state index is 11.0. The minimum atomic E-state index is -0.0989. The smallest absolute Gasteiger partial charge is 0.307 e. The first-order valence-corrected chi connectivity index (χ1v) is 4.64. The van der Waals surface area contributed by atoms with E-state index in [1.54, 1.807) is 0 Å². The molecule has 1 rings (SSSR count). The van der Waals surface area contributed by atoms with Gasteiger partial charge < -0.3 is 10.1 Å². The third-order valence-electron chi connectivity index (χ3n) is 1.88. The normalized spacial score (nSPS) is 18.8. The monoisotopic (exact) mass is 171 g/mol. The average molecular weight is 171 g/mol. The van der Waals surface area contributed by atoms with E-state index < -0.39 is 0 Å². The Morgan fingerprint density at radius 1 is 1.67 bits per heavy atom. The van der Waals surface area contributed by atoms with Crippen LogP contribution in [0, 0.1) is 0 Å². The van der Waals surface area contributed by atoms with Crippen LogP contribution in [0.1, 0.15) is 33.1 Å². The molecular weight excluding hydrogens is 154 g/mol. The fourth-order valence-electron chi connectivity index (χ4n) is 1.18. The molecule has 1 unspecified atom stereocenters. The van der Waals surface area contributed by atoms with Gasteiger partial charge in [-0.2, -0.15) is 0 Å². The molecule has 0 aromatic rings. The molecule has 1 aliphatic rings. The zero-order valence-electron chi connectivity index (χ0n) is 7.80. The lowest BCUT2D eigenvalue weighted by Gasteiger charge is -2.11. The summed E-state index contributed by atoms with van der Waals surface area (Å²) in [6, 6.07) is 0.922. The van der Waals surface area contributed by atoms with Crippen LogP contribution in [0.2, 0.25) is 0 Å². The van der Waals surface area contributed by atoms with Gasteiger partial charge in [0.1, 0.15) is 0 Å². The molecule has 0 aliphatic heterocycles. The highest BCUT2D eigenvalue weighted by molar-refractivity contribution is 5.70. The van der Waals surface area contributed by atoms with Gasteiger partial charge in [0.05, 0.1) is 13.0 Å². The quantitative estimate of drug-likeness (QED) is 0.629. The number of nitrogens with one attached hydrogen (secondary N) is 1. The van der Waals surface area contributed by atoms with Gasteiger partial charge in [0.15, 0.2) is 0 Å². The lowest BCUT2D eigenvalue weighted by molar-refractivity contribution is -0.143. The van der Waals surface area contributed by atoms with Crippen LogP contribution in [0.4, 0.5) is 0 Å². The molecule has 1 saturated carbocycles. The Balaban J connectivity index is 2.06. The van der Waals surface area contributed by atoms with Crippen molar-refractivity contribution < 1.29 is 9.53 Å². The largest absolute Gasteiger partial charge is 0.466 e. The molecule has 3 nitrogen and oxygen atoms in total. The maximum atomic E-state index is 11.0. The number of rotatable bonds is 5. The van der Waals surface area contributed by atoms with Gasteiger partial charge in [-0.1, -0.05) is 0 Å².